The zero-order valence-electron chi connectivity index (χ0n) is 40.0. The number of halogens is 2. The molecule has 0 radical (unpaired) electrons. The molecule has 2 atom stereocenters. The van der Waals surface area contributed by atoms with Gasteiger partial charge in [0.1, 0.15) is 23.7 Å². The van der Waals surface area contributed by atoms with Gasteiger partial charge in [-0.3, -0.25) is 38.7 Å². The van der Waals surface area contributed by atoms with Crippen LogP contribution in [0.4, 0.5) is 0 Å². The summed E-state index contributed by atoms with van der Waals surface area (Å²) >= 11 is 13.0. The van der Waals surface area contributed by atoms with E-state index in [1.54, 1.807) is 24.8 Å². The fraction of sp³-hybridized carbons (Fsp3) is 0.346. The Morgan fingerprint density at radius 3 is 1.51 bits per heavy atom. The first-order chi connectivity index (χ1) is 34.0. The number of benzene rings is 2. The molecule has 0 bridgehead atoms. The number of ether oxygens (including phenoxy) is 3. The number of aryl methyl sites for hydroxylation is 4. The quantitative estimate of drug-likeness (QED) is 0.0920. The summed E-state index contributed by atoms with van der Waals surface area (Å²) in [6.45, 7) is 7.87. The number of carboxylic acid groups (broad SMARTS) is 1. The molecule has 2 fully saturated rings. The number of hydrogen-bond acceptors (Lipinski definition) is 14. The number of carboxylic acids is 1. The van der Waals surface area contributed by atoms with Crippen LogP contribution in [0.25, 0.3) is 11.4 Å². The van der Waals surface area contributed by atoms with Gasteiger partial charge >= 0.3 is 23.9 Å². The molecule has 2 aliphatic heterocycles. The van der Waals surface area contributed by atoms with Crippen LogP contribution in [-0.4, -0.2) is 100 Å². The van der Waals surface area contributed by atoms with Crippen LogP contribution in [0.15, 0.2) is 95.4 Å². The molecule has 0 spiro atoms. The summed E-state index contributed by atoms with van der Waals surface area (Å²) in [5, 5.41) is 19.4. The molecule has 0 amide bonds. The van der Waals surface area contributed by atoms with Crippen LogP contribution >= 0.6 is 23.2 Å². The highest BCUT2D eigenvalue weighted by Crippen LogP contribution is 2.42. The van der Waals surface area contributed by atoms with Gasteiger partial charge in [0.15, 0.2) is 5.60 Å². The van der Waals surface area contributed by atoms with Gasteiger partial charge in [0, 0.05) is 83.0 Å². The highest BCUT2D eigenvalue weighted by molar-refractivity contribution is 6.32. The van der Waals surface area contributed by atoms with Crippen molar-refractivity contribution in [1.29, 1.82) is 0 Å². The average molecular weight is 1000 g/mol. The Kier molecular flexibility index (Phi) is 14.7. The van der Waals surface area contributed by atoms with Crippen molar-refractivity contribution in [1.82, 2.24) is 29.1 Å². The third-order valence-corrected chi connectivity index (χ3v) is 13.4. The highest BCUT2D eigenvalue weighted by Gasteiger charge is 2.55. The molecular weight excluding hydrogens is 952 g/mol. The Morgan fingerprint density at radius 2 is 1.13 bits per heavy atom. The molecule has 2 saturated carbocycles. The maximum atomic E-state index is 12.7. The number of imidazole rings is 2. The van der Waals surface area contributed by atoms with Crippen molar-refractivity contribution in [3.8, 4) is 11.4 Å². The summed E-state index contributed by atoms with van der Waals surface area (Å²) in [7, 11) is 2.57. The number of carbonyl (C=O) groups is 4. The van der Waals surface area contributed by atoms with Gasteiger partial charge < -0.3 is 24.4 Å². The van der Waals surface area contributed by atoms with Crippen LogP contribution in [0.3, 0.4) is 0 Å². The predicted octanol–water partition coefficient (Wildman–Crippen LogP) is 8.44. The van der Waals surface area contributed by atoms with Crippen LogP contribution in [0.5, 0.6) is 0 Å². The third kappa shape index (κ3) is 10.7. The van der Waals surface area contributed by atoms with Gasteiger partial charge in [0.25, 0.3) is 0 Å². The van der Waals surface area contributed by atoms with Gasteiger partial charge in [-0.25, -0.2) is 19.6 Å². The van der Waals surface area contributed by atoms with E-state index in [0.717, 1.165) is 56.7 Å². The SMILES string of the molecule is COC(=O)C1(O)CC1.COC(=O)C1(OC(=O)CC[C@@H]2N=C(c3ccccn3)c3cc(Cl)c(C)cc3-n3c(C)cnc32)CC1.Cc1cc2c(cc1Cl)C(c1ccccn1)=N[C@@H](CCC(=O)O)c1ncc(C)n1-2. The lowest BCUT2D eigenvalue weighted by Gasteiger charge is -2.16. The lowest BCUT2D eigenvalue weighted by molar-refractivity contribution is -0.169. The van der Waals surface area contributed by atoms with E-state index in [0.29, 0.717) is 71.4 Å². The van der Waals surface area contributed by atoms with Crippen LogP contribution in [0, 0.1) is 27.7 Å². The maximum Gasteiger partial charge on any atom is 0.350 e. The van der Waals surface area contributed by atoms with Gasteiger partial charge in [-0.1, -0.05) is 35.3 Å². The molecule has 17 nitrogen and oxygen atoms in total. The van der Waals surface area contributed by atoms with Gasteiger partial charge in [0.05, 0.1) is 48.4 Å². The number of esters is 3. The monoisotopic (exact) mass is 1000 g/mol. The summed E-state index contributed by atoms with van der Waals surface area (Å²) in [6.07, 6.45) is 9.88. The number of aliphatic imine (C=N–C) groups is 2. The standard InChI is InChI=1S/C26H25ClN4O4.C21H19ClN4O2.C5H8O3/c1-15-12-21-17(13-18(15)27)23(19-6-4-5-11-28-19)30-20(24-29-14-16(2)31(21)24)7-8-22(32)35-26(9-10-26)25(33)34-3;1-12-9-18-14(10-15(12)22)20(16-5-3-4-8-23-16)25-17(6-7-19(27)28)21-24-11-13(2)26(18)21;1-8-4(6)5(7)2-3-5/h4-6,11-14,20H,7-10H2,1-3H3;3-5,8-11,17H,6-7H2,1-2H3,(H,27,28);7H,2-3H2,1H3/t20-;17-;/m00./s1. The largest absolute Gasteiger partial charge is 0.481 e. The van der Waals surface area contributed by atoms with E-state index in [-0.39, 0.29) is 12.8 Å². The molecule has 0 unspecified atom stereocenters. The van der Waals surface area contributed by atoms with E-state index in [4.69, 9.17) is 47.8 Å². The second-order valence-electron chi connectivity index (χ2n) is 17.8. The molecule has 4 aliphatic rings. The molecule has 6 aromatic rings. The second kappa shape index (κ2) is 20.7. The first-order valence-corrected chi connectivity index (χ1v) is 23.7. The Labute approximate surface area is 419 Å². The molecule has 2 aromatic carbocycles. The highest BCUT2D eigenvalue weighted by atomic mass is 35.5. The zero-order chi connectivity index (χ0) is 50.8. The van der Waals surface area contributed by atoms with Crippen molar-refractivity contribution in [3.63, 3.8) is 0 Å². The first kappa shape index (κ1) is 50.3. The summed E-state index contributed by atoms with van der Waals surface area (Å²) < 4.78 is 18.7. The molecule has 71 heavy (non-hydrogen) atoms. The third-order valence-electron chi connectivity index (χ3n) is 12.6. The van der Waals surface area contributed by atoms with Crippen LogP contribution < -0.4 is 0 Å². The predicted molar refractivity (Wildman–Crippen MR) is 264 cm³/mol. The number of aromatic nitrogens is 6. The van der Waals surface area contributed by atoms with Crippen molar-refractivity contribution in [2.24, 2.45) is 9.98 Å². The van der Waals surface area contributed by atoms with Crippen LogP contribution in [-0.2, 0) is 33.4 Å². The molecular formula is C52H52Cl2N8O9. The van der Waals surface area contributed by atoms with Gasteiger partial charge in [-0.15, -0.1) is 0 Å². The van der Waals surface area contributed by atoms with Crippen molar-refractivity contribution in [2.75, 3.05) is 14.2 Å². The molecule has 19 heteroatoms. The molecule has 0 saturated heterocycles. The van der Waals surface area contributed by atoms with E-state index in [1.807, 2.05) is 92.9 Å². The number of carbonyl (C=O) groups excluding carboxylic acids is 3. The molecule has 4 aromatic heterocycles. The van der Waals surface area contributed by atoms with E-state index >= 15 is 0 Å². The van der Waals surface area contributed by atoms with E-state index in [2.05, 4.69) is 29.2 Å². The van der Waals surface area contributed by atoms with Crippen molar-refractivity contribution < 1.29 is 43.6 Å². The number of pyridine rings is 2. The summed E-state index contributed by atoms with van der Waals surface area (Å²) in [5.41, 5.74) is 7.87. The van der Waals surface area contributed by atoms with Crippen LogP contribution in [0.1, 0.15) is 120 Å². The van der Waals surface area contributed by atoms with Crippen molar-refractivity contribution in [3.05, 3.63) is 152 Å². The Morgan fingerprint density at radius 1 is 0.662 bits per heavy atom. The van der Waals surface area contributed by atoms with Gasteiger partial charge in [0.2, 0.25) is 5.60 Å². The summed E-state index contributed by atoms with van der Waals surface area (Å²) in [5.74, 6) is -0.879. The lowest BCUT2D eigenvalue weighted by atomic mass is 10.0. The fourth-order valence-corrected chi connectivity index (χ4v) is 8.73. The van der Waals surface area contributed by atoms with Gasteiger partial charge in [-0.2, -0.15) is 0 Å². The molecule has 2 N–H and O–H groups in total. The Balaban J connectivity index is 0.000000167. The maximum absolute atomic E-state index is 12.7. The molecule has 10 rings (SSSR count). The summed E-state index contributed by atoms with van der Waals surface area (Å²) in [6, 6.07) is 18.3. The number of fused-ring (bicyclic) bond motifs is 6. The lowest BCUT2D eigenvalue weighted by Crippen LogP contribution is -2.30. The zero-order valence-corrected chi connectivity index (χ0v) is 41.5. The second-order valence-corrected chi connectivity index (χ2v) is 18.6. The minimum absolute atomic E-state index is 0.00566. The number of aliphatic carboxylic acids is 1. The van der Waals surface area contributed by atoms with Gasteiger partial charge in [-0.05, 0) is 113 Å². The number of aliphatic hydroxyl groups is 1. The Hall–Kier alpha value is -7.08. The fourth-order valence-electron chi connectivity index (χ4n) is 8.40. The normalized spacial score (nSPS) is 17.2. The van der Waals surface area contributed by atoms with Crippen molar-refractivity contribution in [2.45, 2.75) is 102 Å². The number of nitrogens with zero attached hydrogens (tertiary/aromatic N) is 8. The Bertz CT molecular complexity index is 3090. The molecule has 6 heterocycles. The molecule has 368 valence electrons. The smallest absolute Gasteiger partial charge is 0.350 e. The van der Waals surface area contributed by atoms with E-state index in [9.17, 15) is 24.3 Å². The number of methoxy groups -OCH3 is 2. The molecule has 2 aliphatic carbocycles. The van der Waals surface area contributed by atoms with E-state index in [1.165, 1.54) is 14.2 Å². The number of rotatable bonds is 11. The summed E-state index contributed by atoms with van der Waals surface area (Å²) in [4.78, 5) is 74.5. The number of hydrogen-bond donors (Lipinski definition) is 2. The minimum atomic E-state index is -1.13. The first-order valence-electron chi connectivity index (χ1n) is 23.0. The van der Waals surface area contributed by atoms with Crippen LogP contribution in [0.2, 0.25) is 10.0 Å². The van der Waals surface area contributed by atoms with Crippen molar-refractivity contribution >= 4 is 58.5 Å². The average Bonchev–Trinajstić information content (AvgIpc) is 4.26. The topological polar surface area (TPSA) is 223 Å². The van der Waals surface area contributed by atoms with E-state index < -0.39 is 47.2 Å². The minimum Gasteiger partial charge on any atom is -0.481 e.